The zero-order valence-corrected chi connectivity index (χ0v) is 24.7. The van der Waals surface area contributed by atoms with Crippen LogP contribution in [0.4, 0.5) is 10.5 Å². The van der Waals surface area contributed by atoms with E-state index in [4.69, 9.17) is 26.2 Å². The number of carboxylic acids is 2. The van der Waals surface area contributed by atoms with Crippen LogP contribution in [-0.4, -0.2) is 59.4 Å². The van der Waals surface area contributed by atoms with Gasteiger partial charge in [-0.15, -0.1) is 11.3 Å². The quantitative estimate of drug-likeness (QED) is 0.229. The van der Waals surface area contributed by atoms with E-state index in [0.717, 1.165) is 41.0 Å². The van der Waals surface area contributed by atoms with Crippen molar-refractivity contribution in [1.82, 2.24) is 4.90 Å². The zero-order chi connectivity index (χ0) is 29.7. The Morgan fingerprint density at radius 1 is 1.10 bits per heavy atom. The Balaban J connectivity index is 1.35. The number of urea groups is 1. The predicted octanol–water partition coefficient (Wildman–Crippen LogP) is 6.98. The second-order valence-corrected chi connectivity index (χ2v) is 11.7. The third kappa shape index (κ3) is 7.31. The first-order chi connectivity index (χ1) is 19.5. The molecule has 2 heterocycles. The number of amides is 2. The summed E-state index contributed by atoms with van der Waals surface area (Å²) >= 11 is 7.33. The van der Waals surface area contributed by atoms with Crippen molar-refractivity contribution in [2.45, 2.75) is 39.5 Å². The fourth-order valence-corrected chi connectivity index (χ4v) is 6.16. The zero-order valence-electron chi connectivity index (χ0n) is 23.1. The number of aliphatic carboxylic acids is 1. The van der Waals surface area contributed by atoms with Gasteiger partial charge < -0.3 is 29.9 Å². The number of carbonyl (C=O) groups excluding carboxylic acids is 1. The molecule has 11 heteroatoms. The van der Waals surface area contributed by atoms with Gasteiger partial charge in [-0.3, -0.25) is 0 Å². The number of hydrogen-bond donors (Lipinski definition) is 3. The van der Waals surface area contributed by atoms with E-state index >= 15 is 0 Å². The summed E-state index contributed by atoms with van der Waals surface area (Å²) in [5.41, 5.74) is 3.69. The minimum atomic E-state index is -1.25. The third-order valence-electron chi connectivity index (χ3n) is 6.99. The van der Waals surface area contributed by atoms with Crippen molar-refractivity contribution in [2.24, 2.45) is 5.92 Å². The molecule has 0 spiro atoms. The minimum Gasteiger partial charge on any atom is -0.493 e. The van der Waals surface area contributed by atoms with Gasteiger partial charge in [-0.2, -0.15) is 0 Å². The summed E-state index contributed by atoms with van der Waals surface area (Å²) in [4.78, 5) is 37.7. The van der Waals surface area contributed by atoms with Gasteiger partial charge in [-0.25, -0.2) is 14.4 Å². The number of carboxylic acid groups (broad SMARTS) is 2. The summed E-state index contributed by atoms with van der Waals surface area (Å²) in [6.45, 7) is 7.26. The number of nitrogens with zero attached hydrogens (tertiary/aromatic N) is 1. The molecule has 0 atom stereocenters. The molecule has 1 aliphatic rings. The fourth-order valence-electron chi connectivity index (χ4n) is 4.76. The number of carbonyl (C=O) groups is 3. The molecule has 9 nitrogen and oxygen atoms in total. The molecule has 218 valence electrons. The van der Waals surface area contributed by atoms with Gasteiger partial charge in [0.05, 0.1) is 11.5 Å². The van der Waals surface area contributed by atoms with E-state index in [1.807, 2.05) is 30.0 Å². The molecule has 0 bridgehead atoms. The lowest BCUT2D eigenvalue weighted by Crippen LogP contribution is -2.42. The van der Waals surface area contributed by atoms with Crippen LogP contribution in [0.3, 0.4) is 0 Å². The highest BCUT2D eigenvalue weighted by molar-refractivity contribution is 7.18. The van der Waals surface area contributed by atoms with Gasteiger partial charge in [0, 0.05) is 18.8 Å². The van der Waals surface area contributed by atoms with Crippen LogP contribution in [0.2, 0.25) is 5.02 Å². The van der Waals surface area contributed by atoms with Crippen molar-refractivity contribution in [3.05, 3.63) is 63.5 Å². The molecule has 2 amide bonds. The van der Waals surface area contributed by atoms with Crippen LogP contribution < -0.4 is 14.8 Å². The molecule has 1 aliphatic heterocycles. The molecule has 0 unspecified atom stereocenters. The molecule has 3 aromatic rings. The van der Waals surface area contributed by atoms with Crippen LogP contribution >= 0.6 is 22.9 Å². The second-order valence-electron chi connectivity index (χ2n) is 10.3. The molecule has 3 N–H and O–H groups in total. The van der Waals surface area contributed by atoms with Gasteiger partial charge in [-0.05, 0) is 60.4 Å². The van der Waals surface area contributed by atoms with Crippen molar-refractivity contribution in [3.63, 3.8) is 0 Å². The molecule has 0 radical (unpaired) electrons. The van der Waals surface area contributed by atoms with Gasteiger partial charge in [0.1, 0.15) is 10.8 Å². The summed E-state index contributed by atoms with van der Waals surface area (Å²) < 4.78 is 11.2. The Kier molecular flexibility index (Phi) is 9.77. The summed E-state index contributed by atoms with van der Waals surface area (Å²) in [5, 5.41) is 21.6. The van der Waals surface area contributed by atoms with Crippen molar-refractivity contribution < 1.29 is 34.1 Å². The number of thiophene rings is 1. The maximum atomic E-state index is 13.0. The van der Waals surface area contributed by atoms with E-state index in [0.29, 0.717) is 41.8 Å². The van der Waals surface area contributed by atoms with Crippen LogP contribution in [0.15, 0.2) is 42.5 Å². The first-order valence-corrected chi connectivity index (χ1v) is 14.5. The largest absolute Gasteiger partial charge is 0.493 e. The van der Waals surface area contributed by atoms with E-state index < -0.39 is 18.5 Å². The Hall–Kier alpha value is -3.76. The van der Waals surface area contributed by atoms with Crippen molar-refractivity contribution in [3.8, 4) is 21.9 Å². The SMILES string of the molecule is Cc1cccc(C(C)C)c1NC(=O)N1CCC(COc2cccc(-c3sc(C(=O)O)c(OCC(=O)O)c3Cl)c2)CC1. The number of ether oxygens (including phenoxy) is 2. The van der Waals surface area contributed by atoms with Gasteiger partial charge in [0.15, 0.2) is 17.2 Å². The number of para-hydroxylation sites is 1. The highest BCUT2D eigenvalue weighted by atomic mass is 35.5. The number of hydrogen-bond acceptors (Lipinski definition) is 6. The standard InChI is InChI=1S/C30H33ClN2O7S/c1-17(2)22-9-4-6-18(3)25(22)32-30(38)33-12-10-19(11-13-33)15-39-21-8-5-7-20(14-21)27-24(31)26(40-16-23(34)35)28(41-27)29(36)37/h4-9,14,17,19H,10-13,15-16H2,1-3H3,(H,32,38)(H,34,35)(H,36,37). The average molecular weight is 601 g/mol. The van der Waals surface area contributed by atoms with Crippen LogP contribution in [0.1, 0.15) is 53.4 Å². The van der Waals surface area contributed by atoms with Crippen molar-refractivity contribution >= 4 is 46.6 Å². The lowest BCUT2D eigenvalue weighted by Gasteiger charge is -2.32. The normalized spacial score (nSPS) is 13.7. The Morgan fingerprint density at radius 2 is 1.80 bits per heavy atom. The molecular weight excluding hydrogens is 568 g/mol. The number of rotatable bonds is 10. The smallest absolute Gasteiger partial charge is 0.349 e. The molecule has 1 fully saturated rings. The van der Waals surface area contributed by atoms with Crippen LogP contribution in [-0.2, 0) is 4.79 Å². The van der Waals surface area contributed by atoms with Gasteiger partial charge in [0.2, 0.25) is 0 Å². The van der Waals surface area contributed by atoms with E-state index in [2.05, 4.69) is 25.2 Å². The highest BCUT2D eigenvalue weighted by Crippen LogP contribution is 2.46. The number of aryl methyl sites for hydroxylation is 1. The maximum absolute atomic E-state index is 13.0. The Morgan fingerprint density at radius 3 is 2.46 bits per heavy atom. The minimum absolute atomic E-state index is 0.0441. The van der Waals surface area contributed by atoms with E-state index in [1.54, 1.807) is 18.2 Å². The molecular formula is C30H33ClN2O7S. The van der Waals surface area contributed by atoms with E-state index in [1.165, 1.54) is 0 Å². The van der Waals surface area contributed by atoms with E-state index in [9.17, 15) is 19.5 Å². The first kappa shape index (κ1) is 30.2. The number of piperidine rings is 1. The third-order valence-corrected chi connectivity index (χ3v) is 8.67. The lowest BCUT2D eigenvalue weighted by molar-refractivity contribution is -0.139. The fraction of sp³-hybridized carbons (Fsp3) is 0.367. The predicted molar refractivity (Wildman–Crippen MR) is 159 cm³/mol. The molecule has 1 aromatic heterocycles. The van der Waals surface area contributed by atoms with Crippen molar-refractivity contribution in [2.75, 3.05) is 31.6 Å². The van der Waals surface area contributed by atoms with Gasteiger partial charge in [-0.1, -0.05) is 55.8 Å². The molecule has 0 aliphatic carbocycles. The number of benzene rings is 2. The Bertz CT molecular complexity index is 1430. The summed E-state index contributed by atoms with van der Waals surface area (Å²) in [6.07, 6.45) is 1.61. The Labute approximate surface area is 247 Å². The summed E-state index contributed by atoms with van der Waals surface area (Å²) in [7, 11) is 0. The molecule has 2 aromatic carbocycles. The van der Waals surface area contributed by atoms with Crippen LogP contribution in [0.5, 0.6) is 11.5 Å². The topological polar surface area (TPSA) is 125 Å². The highest BCUT2D eigenvalue weighted by Gasteiger charge is 2.26. The summed E-state index contributed by atoms with van der Waals surface area (Å²) in [5.74, 6) is -1.49. The van der Waals surface area contributed by atoms with Gasteiger partial charge >= 0.3 is 18.0 Å². The number of likely N-dealkylation sites (tertiary alicyclic amines) is 1. The van der Waals surface area contributed by atoms with E-state index in [-0.39, 0.29) is 27.6 Å². The summed E-state index contributed by atoms with van der Waals surface area (Å²) in [6, 6.07) is 13.1. The average Bonchev–Trinajstić information content (AvgIpc) is 3.28. The van der Waals surface area contributed by atoms with Crippen LogP contribution in [0.25, 0.3) is 10.4 Å². The van der Waals surface area contributed by atoms with Gasteiger partial charge in [0.25, 0.3) is 0 Å². The second kappa shape index (κ2) is 13.3. The number of anilines is 1. The molecule has 4 rings (SSSR count). The molecule has 1 saturated heterocycles. The van der Waals surface area contributed by atoms with Crippen molar-refractivity contribution in [1.29, 1.82) is 0 Å². The number of halogens is 1. The maximum Gasteiger partial charge on any atom is 0.349 e. The molecule has 0 saturated carbocycles. The van der Waals surface area contributed by atoms with Crippen LogP contribution in [0, 0.1) is 12.8 Å². The monoisotopic (exact) mass is 600 g/mol. The first-order valence-electron chi connectivity index (χ1n) is 13.3. The number of nitrogens with one attached hydrogen (secondary N) is 1. The number of aromatic carboxylic acids is 1. The molecule has 41 heavy (non-hydrogen) atoms. The lowest BCUT2D eigenvalue weighted by atomic mass is 9.97.